The quantitative estimate of drug-likeness (QED) is 0.826. The lowest BCUT2D eigenvalue weighted by molar-refractivity contribution is -0.113. The number of aromatic nitrogens is 1. The molecule has 102 valence electrons. The van der Waals surface area contributed by atoms with E-state index in [4.69, 9.17) is 5.73 Å². The maximum atomic E-state index is 11.7. The fraction of sp³-hybridized carbons (Fsp3) is 0.333. The normalized spacial score (nSPS) is 12.5. The molecule has 19 heavy (non-hydrogen) atoms. The van der Waals surface area contributed by atoms with Crippen LogP contribution in [0.2, 0.25) is 0 Å². The molecule has 5 nitrogen and oxygen atoms in total. The van der Waals surface area contributed by atoms with Gasteiger partial charge >= 0.3 is 0 Å². The fourth-order valence-corrected chi connectivity index (χ4v) is 3.49. The Bertz CT molecular complexity index is 624. The number of rotatable bonds is 5. The van der Waals surface area contributed by atoms with Gasteiger partial charge in [-0.1, -0.05) is 18.3 Å². The molecule has 1 amide bonds. The summed E-state index contributed by atoms with van der Waals surface area (Å²) in [6.45, 7) is 1.94. The predicted molar refractivity (Wildman–Crippen MR) is 80.8 cm³/mol. The Hall–Kier alpha value is -1.47. The third kappa shape index (κ3) is 3.74. The molecule has 0 radical (unpaired) electrons. The Morgan fingerprint density at radius 3 is 3.05 bits per heavy atom. The smallest absolute Gasteiger partial charge is 0.238 e. The highest BCUT2D eigenvalue weighted by Crippen LogP contribution is 2.27. The first-order valence-corrected chi connectivity index (χ1v) is 8.20. The molecule has 2 aromatic rings. The van der Waals surface area contributed by atoms with Crippen molar-refractivity contribution in [3.8, 4) is 0 Å². The summed E-state index contributed by atoms with van der Waals surface area (Å²) < 4.78 is 12.4. The zero-order valence-corrected chi connectivity index (χ0v) is 12.1. The van der Waals surface area contributed by atoms with E-state index >= 15 is 0 Å². The molecule has 0 saturated heterocycles. The number of nitrogens with two attached hydrogens (primary N) is 1. The van der Waals surface area contributed by atoms with Crippen molar-refractivity contribution < 1.29 is 9.00 Å². The van der Waals surface area contributed by atoms with Crippen LogP contribution in [0.5, 0.6) is 0 Å². The third-order valence-corrected chi connectivity index (χ3v) is 4.76. The average Bonchev–Trinajstić information content (AvgIpc) is 2.70. The van der Waals surface area contributed by atoms with E-state index in [1.165, 1.54) is 11.3 Å². The van der Waals surface area contributed by atoms with Crippen molar-refractivity contribution >= 4 is 49.1 Å². The van der Waals surface area contributed by atoms with Gasteiger partial charge in [0.05, 0.1) is 10.2 Å². The summed E-state index contributed by atoms with van der Waals surface area (Å²) in [5, 5.41) is 3.19. The summed E-state index contributed by atoms with van der Waals surface area (Å²) in [4.78, 5) is 16.0. The van der Waals surface area contributed by atoms with E-state index in [9.17, 15) is 9.00 Å². The van der Waals surface area contributed by atoms with E-state index in [2.05, 4.69) is 10.3 Å². The van der Waals surface area contributed by atoms with Crippen LogP contribution in [0, 0.1) is 0 Å². The second-order valence-electron chi connectivity index (χ2n) is 4.08. The molecule has 0 aliphatic heterocycles. The van der Waals surface area contributed by atoms with Crippen LogP contribution in [-0.4, -0.2) is 26.6 Å². The van der Waals surface area contributed by atoms with Gasteiger partial charge in [0.1, 0.15) is 5.75 Å². The lowest BCUT2D eigenvalue weighted by atomic mass is 10.3. The van der Waals surface area contributed by atoms with E-state index in [-0.39, 0.29) is 11.7 Å². The zero-order valence-electron chi connectivity index (χ0n) is 10.5. The summed E-state index contributed by atoms with van der Waals surface area (Å²) in [6.07, 6.45) is 0.806. The summed E-state index contributed by atoms with van der Waals surface area (Å²) in [5.74, 6) is 0.300. The van der Waals surface area contributed by atoms with Crippen molar-refractivity contribution in [3.05, 3.63) is 18.2 Å². The average molecular weight is 297 g/mol. The summed E-state index contributed by atoms with van der Waals surface area (Å²) in [5.41, 5.74) is 7.15. The van der Waals surface area contributed by atoms with Gasteiger partial charge in [0.25, 0.3) is 0 Å². The standard InChI is InChI=1S/C12H15N3O2S2/c1-2-5-19(17)7-11(16)15-12-14-9-4-3-8(13)6-10(9)18-12/h3-4,6H,2,5,7,13H2,1H3,(H,14,15,16). The van der Waals surface area contributed by atoms with Crippen LogP contribution in [0.15, 0.2) is 18.2 Å². The molecule has 0 spiro atoms. The number of nitrogens with zero attached hydrogens (tertiary/aromatic N) is 1. The number of hydrogen-bond donors (Lipinski definition) is 2. The molecule has 1 atom stereocenters. The molecule has 2 rings (SSSR count). The molecule has 3 N–H and O–H groups in total. The highest BCUT2D eigenvalue weighted by Gasteiger charge is 2.10. The second kappa shape index (κ2) is 6.12. The van der Waals surface area contributed by atoms with E-state index in [0.717, 1.165) is 16.6 Å². The molecular weight excluding hydrogens is 282 g/mol. The van der Waals surface area contributed by atoms with Gasteiger partial charge in [-0.2, -0.15) is 0 Å². The number of benzene rings is 1. The van der Waals surface area contributed by atoms with Crippen LogP contribution >= 0.6 is 11.3 Å². The number of carbonyl (C=O) groups excluding carboxylic acids is 1. The molecule has 0 fully saturated rings. The molecule has 0 saturated carbocycles. The van der Waals surface area contributed by atoms with Crippen LogP contribution in [0.25, 0.3) is 10.2 Å². The number of hydrogen-bond acceptors (Lipinski definition) is 5. The molecule has 0 aliphatic rings. The molecule has 1 unspecified atom stereocenters. The first kappa shape index (κ1) is 14.0. The van der Waals surface area contributed by atoms with Gasteiger partial charge in [0.15, 0.2) is 5.13 Å². The van der Waals surface area contributed by atoms with E-state index in [1.54, 1.807) is 6.07 Å². The van der Waals surface area contributed by atoms with Crippen LogP contribution < -0.4 is 11.1 Å². The molecular formula is C12H15N3O2S2. The monoisotopic (exact) mass is 297 g/mol. The third-order valence-electron chi connectivity index (χ3n) is 2.38. The van der Waals surface area contributed by atoms with E-state index in [1.807, 2.05) is 19.1 Å². The second-order valence-corrected chi connectivity index (χ2v) is 6.69. The molecule has 1 aromatic carbocycles. The van der Waals surface area contributed by atoms with Gasteiger partial charge in [-0.15, -0.1) is 0 Å². The SMILES string of the molecule is CCCS(=O)CC(=O)Nc1nc2ccc(N)cc2s1. The minimum atomic E-state index is -1.10. The fourth-order valence-electron chi connectivity index (χ4n) is 1.60. The minimum absolute atomic E-state index is 0.0197. The molecule has 1 aromatic heterocycles. The maximum Gasteiger partial charge on any atom is 0.238 e. The van der Waals surface area contributed by atoms with E-state index in [0.29, 0.717) is 16.6 Å². The largest absolute Gasteiger partial charge is 0.399 e. The van der Waals surface area contributed by atoms with Gasteiger partial charge in [-0.3, -0.25) is 9.00 Å². The lowest BCUT2D eigenvalue weighted by Gasteiger charge is -2.00. The Kier molecular flexibility index (Phi) is 4.49. The lowest BCUT2D eigenvalue weighted by Crippen LogP contribution is -2.20. The zero-order chi connectivity index (χ0) is 13.8. The molecule has 7 heteroatoms. The number of carbonyl (C=O) groups is 1. The van der Waals surface area contributed by atoms with E-state index < -0.39 is 10.8 Å². The van der Waals surface area contributed by atoms with Crippen LogP contribution in [0.4, 0.5) is 10.8 Å². The van der Waals surface area contributed by atoms with Crippen molar-refractivity contribution in [3.63, 3.8) is 0 Å². The highest BCUT2D eigenvalue weighted by molar-refractivity contribution is 7.85. The molecule has 0 aliphatic carbocycles. The molecule has 0 bridgehead atoms. The van der Waals surface area contributed by atoms with Crippen LogP contribution in [-0.2, 0) is 15.6 Å². The Morgan fingerprint density at radius 2 is 2.32 bits per heavy atom. The van der Waals surface area contributed by atoms with Crippen molar-refractivity contribution in [1.29, 1.82) is 0 Å². The first-order chi connectivity index (χ1) is 9.08. The van der Waals surface area contributed by atoms with Gasteiger partial charge in [0, 0.05) is 22.2 Å². The Morgan fingerprint density at radius 1 is 1.53 bits per heavy atom. The number of amides is 1. The number of fused-ring (bicyclic) bond motifs is 1. The number of thiazole rings is 1. The van der Waals surface area contributed by atoms with Crippen molar-refractivity contribution in [2.75, 3.05) is 22.6 Å². The summed E-state index contributed by atoms with van der Waals surface area (Å²) in [7, 11) is -1.10. The van der Waals surface area contributed by atoms with Gasteiger partial charge in [-0.05, 0) is 24.6 Å². The number of nitrogen functional groups attached to an aromatic ring is 1. The van der Waals surface area contributed by atoms with Crippen molar-refractivity contribution in [2.24, 2.45) is 0 Å². The van der Waals surface area contributed by atoms with Crippen molar-refractivity contribution in [1.82, 2.24) is 4.98 Å². The molecule has 1 heterocycles. The van der Waals surface area contributed by atoms with Crippen molar-refractivity contribution in [2.45, 2.75) is 13.3 Å². The highest BCUT2D eigenvalue weighted by atomic mass is 32.2. The van der Waals surface area contributed by atoms with Gasteiger partial charge in [-0.25, -0.2) is 4.98 Å². The first-order valence-electron chi connectivity index (χ1n) is 5.89. The predicted octanol–water partition coefficient (Wildman–Crippen LogP) is 1.98. The van der Waals surface area contributed by atoms with Gasteiger partial charge < -0.3 is 11.1 Å². The topological polar surface area (TPSA) is 85.1 Å². The Balaban J connectivity index is 2.05. The maximum absolute atomic E-state index is 11.7. The minimum Gasteiger partial charge on any atom is -0.399 e. The summed E-state index contributed by atoms with van der Waals surface area (Å²) in [6, 6.07) is 5.40. The van der Waals surface area contributed by atoms with Crippen LogP contribution in [0.1, 0.15) is 13.3 Å². The Labute approximate surface area is 117 Å². The summed E-state index contributed by atoms with van der Waals surface area (Å²) >= 11 is 1.36. The van der Waals surface area contributed by atoms with Crippen LogP contribution in [0.3, 0.4) is 0 Å². The number of nitrogens with one attached hydrogen (secondary N) is 1. The van der Waals surface area contributed by atoms with Gasteiger partial charge in [0.2, 0.25) is 5.91 Å². The number of anilines is 2.